The van der Waals surface area contributed by atoms with Crippen LogP contribution in [0.25, 0.3) is 0 Å². The Hall–Kier alpha value is -2.06. The van der Waals surface area contributed by atoms with E-state index in [1.165, 1.54) is 0 Å². The predicted molar refractivity (Wildman–Crippen MR) is 90.5 cm³/mol. The van der Waals surface area contributed by atoms with E-state index >= 15 is 0 Å². The highest BCUT2D eigenvalue weighted by atomic mass is 16.3. The van der Waals surface area contributed by atoms with Crippen molar-refractivity contribution in [2.45, 2.75) is 31.4 Å². The fourth-order valence-corrected chi connectivity index (χ4v) is 3.17. The second-order valence-corrected chi connectivity index (χ2v) is 6.86. The predicted octanol–water partition coefficient (Wildman–Crippen LogP) is 0.241. The molecule has 0 radical (unpaired) electrons. The van der Waals surface area contributed by atoms with Gasteiger partial charge in [-0.15, -0.1) is 10.2 Å². The number of hydrogen-bond acceptors (Lipinski definition) is 7. The zero-order valence-corrected chi connectivity index (χ0v) is 14.6. The smallest absolute Gasteiger partial charge is 0.224 e. The van der Waals surface area contributed by atoms with E-state index in [2.05, 4.69) is 25.1 Å². The molecule has 2 aromatic rings. The second-order valence-electron chi connectivity index (χ2n) is 6.86. The maximum atomic E-state index is 11.0. The SMILES string of the molecule is CN(C)c1ncc(CN2CCCC(O)(Cc3nncn3C)C2)cn1. The number of anilines is 1. The monoisotopic (exact) mass is 331 g/mol. The zero-order valence-electron chi connectivity index (χ0n) is 14.6. The van der Waals surface area contributed by atoms with Gasteiger partial charge in [-0.25, -0.2) is 9.97 Å². The van der Waals surface area contributed by atoms with E-state index in [4.69, 9.17) is 0 Å². The van der Waals surface area contributed by atoms with Crippen molar-refractivity contribution in [1.29, 1.82) is 0 Å². The topological polar surface area (TPSA) is 83.2 Å². The van der Waals surface area contributed by atoms with Crippen LogP contribution in [-0.2, 0) is 20.0 Å². The fourth-order valence-electron chi connectivity index (χ4n) is 3.17. The number of rotatable bonds is 5. The van der Waals surface area contributed by atoms with Crippen LogP contribution in [0.5, 0.6) is 0 Å². The first-order chi connectivity index (χ1) is 11.5. The molecule has 8 nitrogen and oxygen atoms in total. The van der Waals surface area contributed by atoms with E-state index in [1.807, 2.05) is 43.0 Å². The van der Waals surface area contributed by atoms with Crippen molar-refractivity contribution in [1.82, 2.24) is 29.6 Å². The lowest BCUT2D eigenvalue weighted by atomic mass is 9.89. The molecule has 1 aliphatic rings. The molecular formula is C16H25N7O. The third kappa shape index (κ3) is 3.88. The van der Waals surface area contributed by atoms with Crippen molar-refractivity contribution < 1.29 is 5.11 Å². The molecule has 1 fully saturated rings. The standard InChI is InChI=1S/C16H25N7O/c1-21(2)15-17-8-13(9-18-15)10-23-6-4-5-16(24,11-23)7-14-20-19-12-22(14)3/h8-9,12,24H,4-7,10-11H2,1-3H3. The van der Waals surface area contributed by atoms with Gasteiger partial charge < -0.3 is 14.6 Å². The van der Waals surface area contributed by atoms with Gasteiger partial charge in [-0.05, 0) is 19.4 Å². The Kier molecular flexibility index (Phi) is 4.77. The van der Waals surface area contributed by atoms with E-state index < -0.39 is 5.60 Å². The van der Waals surface area contributed by atoms with Crippen LogP contribution in [-0.4, -0.2) is 67.5 Å². The van der Waals surface area contributed by atoms with Crippen molar-refractivity contribution in [2.24, 2.45) is 7.05 Å². The average molecular weight is 331 g/mol. The van der Waals surface area contributed by atoms with Crippen molar-refractivity contribution in [3.8, 4) is 0 Å². The van der Waals surface area contributed by atoms with Crippen LogP contribution in [0.15, 0.2) is 18.7 Å². The van der Waals surface area contributed by atoms with Gasteiger partial charge in [0.05, 0.1) is 5.60 Å². The molecule has 1 saturated heterocycles. The fraction of sp³-hybridized carbons (Fsp3) is 0.625. The van der Waals surface area contributed by atoms with E-state index in [1.54, 1.807) is 6.33 Å². The summed E-state index contributed by atoms with van der Waals surface area (Å²) in [5, 5.41) is 19.0. The van der Waals surface area contributed by atoms with E-state index in [0.29, 0.717) is 18.9 Å². The quantitative estimate of drug-likeness (QED) is 0.840. The Bertz CT molecular complexity index is 669. The minimum absolute atomic E-state index is 0.524. The summed E-state index contributed by atoms with van der Waals surface area (Å²) in [5.74, 6) is 1.52. The van der Waals surface area contributed by atoms with Crippen LogP contribution < -0.4 is 4.90 Å². The molecule has 8 heteroatoms. The first kappa shape index (κ1) is 16.8. The first-order valence-corrected chi connectivity index (χ1v) is 8.21. The maximum absolute atomic E-state index is 11.0. The average Bonchev–Trinajstić information content (AvgIpc) is 2.92. The minimum Gasteiger partial charge on any atom is -0.388 e. The van der Waals surface area contributed by atoms with Crippen LogP contribution in [0.3, 0.4) is 0 Å². The Labute approximate surface area is 142 Å². The van der Waals surface area contributed by atoms with Gasteiger partial charge in [-0.1, -0.05) is 0 Å². The third-order valence-corrected chi connectivity index (χ3v) is 4.42. The Morgan fingerprint density at radius 1 is 1.29 bits per heavy atom. The third-order valence-electron chi connectivity index (χ3n) is 4.42. The van der Waals surface area contributed by atoms with Crippen LogP contribution >= 0.6 is 0 Å². The molecule has 3 rings (SSSR count). The zero-order chi connectivity index (χ0) is 17.2. The van der Waals surface area contributed by atoms with Crippen LogP contribution in [0.4, 0.5) is 5.95 Å². The number of β-amino-alcohol motifs (C(OH)–C–C–N with tert-alkyl or cyclic N) is 1. The van der Waals surface area contributed by atoms with Gasteiger partial charge in [0.25, 0.3) is 0 Å². The summed E-state index contributed by atoms with van der Waals surface area (Å²) in [7, 11) is 5.75. The Balaban J connectivity index is 1.63. The molecule has 0 saturated carbocycles. The summed E-state index contributed by atoms with van der Waals surface area (Å²) < 4.78 is 1.87. The summed E-state index contributed by atoms with van der Waals surface area (Å²) >= 11 is 0. The molecule has 1 aliphatic heterocycles. The van der Waals surface area contributed by atoms with Gasteiger partial charge >= 0.3 is 0 Å². The van der Waals surface area contributed by atoms with E-state index in [-0.39, 0.29) is 0 Å². The highest BCUT2D eigenvalue weighted by Gasteiger charge is 2.34. The van der Waals surface area contributed by atoms with Gasteiger partial charge in [0, 0.05) is 58.6 Å². The molecule has 0 spiro atoms. The maximum Gasteiger partial charge on any atom is 0.224 e. The molecule has 3 heterocycles. The van der Waals surface area contributed by atoms with Gasteiger partial charge in [0.2, 0.25) is 5.95 Å². The van der Waals surface area contributed by atoms with E-state index in [0.717, 1.165) is 37.3 Å². The largest absolute Gasteiger partial charge is 0.388 e. The van der Waals surface area contributed by atoms with Crippen LogP contribution in [0.1, 0.15) is 24.2 Å². The number of hydrogen-bond donors (Lipinski definition) is 1. The summed E-state index contributed by atoms with van der Waals surface area (Å²) in [4.78, 5) is 12.9. The lowest BCUT2D eigenvalue weighted by Gasteiger charge is -2.39. The number of nitrogens with zero attached hydrogens (tertiary/aromatic N) is 7. The van der Waals surface area contributed by atoms with Gasteiger partial charge in [0.15, 0.2) is 0 Å². The molecule has 1 N–H and O–H groups in total. The highest BCUT2D eigenvalue weighted by molar-refractivity contribution is 5.26. The van der Waals surface area contributed by atoms with Gasteiger partial charge in [-0.2, -0.15) is 0 Å². The minimum atomic E-state index is -0.760. The highest BCUT2D eigenvalue weighted by Crippen LogP contribution is 2.25. The van der Waals surface area contributed by atoms with Crippen molar-refractivity contribution >= 4 is 5.95 Å². The molecule has 0 amide bonds. The molecule has 0 aromatic carbocycles. The summed E-state index contributed by atoms with van der Waals surface area (Å²) in [6.45, 7) is 2.33. The normalized spacial score (nSPS) is 21.8. The molecule has 0 aliphatic carbocycles. The lowest BCUT2D eigenvalue weighted by Crippen LogP contribution is -2.49. The van der Waals surface area contributed by atoms with Gasteiger partial charge in [0.1, 0.15) is 12.2 Å². The molecule has 0 bridgehead atoms. The van der Waals surface area contributed by atoms with Gasteiger partial charge in [-0.3, -0.25) is 4.90 Å². The number of piperidine rings is 1. The summed E-state index contributed by atoms with van der Waals surface area (Å²) in [5.41, 5.74) is 0.298. The molecule has 130 valence electrons. The number of aliphatic hydroxyl groups is 1. The Morgan fingerprint density at radius 3 is 2.67 bits per heavy atom. The van der Waals surface area contributed by atoms with Crippen molar-refractivity contribution in [3.05, 3.63) is 30.1 Å². The number of likely N-dealkylation sites (tertiary alicyclic amines) is 1. The number of aryl methyl sites for hydroxylation is 1. The lowest BCUT2D eigenvalue weighted by molar-refractivity contribution is -0.0345. The van der Waals surface area contributed by atoms with E-state index in [9.17, 15) is 5.11 Å². The van der Waals surface area contributed by atoms with Crippen LogP contribution in [0.2, 0.25) is 0 Å². The van der Waals surface area contributed by atoms with Crippen LogP contribution in [0, 0.1) is 0 Å². The molecule has 1 unspecified atom stereocenters. The van der Waals surface area contributed by atoms with Crippen molar-refractivity contribution in [3.63, 3.8) is 0 Å². The summed E-state index contributed by atoms with van der Waals surface area (Å²) in [6, 6.07) is 0. The summed E-state index contributed by atoms with van der Waals surface area (Å²) in [6.07, 6.45) is 7.66. The number of aromatic nitrogens is 5. The molecular weight excluding hydrogens is 306 g/mol. The second kappa shape index (κ2) is 6.82. The molecule has 2 aromatic heterocycles. The molecule has 24 heavy (non-hydrogen) atoms. The Morgan fingerprint density at radius 2 is 2.04 bits per heavy atom. The van der Waals surface area contributed by atoms with Crippen molar-refractivity contribution in [2.75, 3.05) is 32.1 Å². The molecule has 1 atom stereocenters. The first-order valence-electron chi connectivity index (χ1n) is 8.21.